The summed E-state index contributed by atoms with van der Waals surface area (Å²) >= 11 is 5.03. The van der Waals surface area contributed by atoms with Gasteiger partial charge in [-0.3, -0.25) is 4.90 Å². The third kappa shape index (κ3) is 3.78. The maximum absolute atomic E-state index is 5.68. The molecule has 1 aromatic rings. The highest BCUT2D eigenvalue weighted by atomic mass is 32.1. The minimum atomic E-state index is 0.474. The van der Waals surface area contributed by atoms with Crippen LogP contribution in [0.4, 0.5) is 0 Å². The smallest absolute Gasteiger partial charge is 0.103 e. The van der Waals surface area contributed by atoms with Crippen LogP contribution >= 0.6 is 12.2 Å². The van der Waals surface area contributed by atoms with E-state index in [0.29, 0.717) is 11.0 Å². The maximum atomic E-state index is 5.68. The van der Waals surface area contributed by atoms with Crippen molar-refractivity contribution >= 4 is 17.2 Å². The molecule has 0 radical (unpaired) electrons. The molecule has 0 bridgehead atoms. The van der Waals surface area contributed by atoms with Crippen LogP contribution in [0.25, 0.3) is 0 Å². The standard InChI is InChI=1S/C16H25N3S/c1-12-9-13(16(17)20)6-7-14(12)10-19(3)15-5-4-8-18(2)11-15/h6-7,9,15H,4-5,8,10-11H2,1-3H3,(H2,17,20). The molecule has 1 aromatic carbocycles. The third-order valence-corrected chi connectivity index (χ3v) is 4.51. The highest BCUT2D eigenvalue weighted by Gasteiger charge is 2.21. The Hall–Kier alpha value is -0.970. The zero-order chi connectivity index (χ0) is 14.7. The van der Waals surface area contributed by atoms with Gasteiger partial charge in [0.05, 0.1) is 0 Å². The van der Waals surface area contributed by atoms with Gasteiger partial charge in [0.2, 0.25) is 0 Å². The molecule has 4 heteroatoms. The number of thiocarbonyl (C=S) groups is 1. The van der Waals surface area contributed by atoms with E-state index in [-0.39, 0.29) is 0 Å². The number of likely N-dealkylation sites (tertiary alicyclic amines) is 1. The van der Waals surface area contributed by atoms with Crippen LogP contribution in [0, 0.1) is 6.92 Å². The van der Waals surface area contributed by atoms with Crippen molar-refractivity contribution in [2.45, 2.75) is 32.4 Å². The van der Waals surface area contributed by atoms with E-state index in [1.807, 2.05) is 6.07 Å². The van der Waals surface area contributed by atoms with Crippen LogP contribution in [-0.2, 0) is 6.54 Å². The Morgan fingerprint density at radius 1 is 1.50 bits per heavy atom. The van der Waals surface area contributed by atoms with Gasteiger partial charge in [-0.2, -0.15) is 0 Å². The van der Waals surface area contributed by atoms with Crippen LogP contribution in [0.1, 0.15) is 29.5 Å². The molecule has 1 atom stereocenters. The summed E-state index contributed by atoms with van der Waals surface area (Å²) < 4.78 is 0. The van der Waals surface area contributed by atoms with Crippen LogP contribution in [0.2, 0.25) is 0 Å². The normalized spacial score (nSPS) is 20.3. The van der Waals surface area contributed by atoms with E-state index < -0.39 is 0 Å². The topological polar surface area (TPSA) is 32.5 Å². The molecule has 2 N–H and O–H groups in total. The van der Waals surface area contributed by atoms with Crippen molar-refractivity contribution in [3.63, 3.8) is 0 Å². The summed E-state index contributed by atoms with van der Waals surface area (Å²) in [7, 11) is 4.44. The van der Waals surface area contributed by atoms with Gasteiger partial charge in [-0.1, -0.05) is 24.4 Å². The van der Waals surface area contributed by atoms with E-state index in [1.54, 1.807) is 0 Å². The number of aryl methyl sites for hydroxylation is 1. The number of hydrogen-bond acceptors (Lipinski definition) is 3. The summed E-state index contributed by atoms with van der Waals surface area (Å²) in [5, 5.41) is 0. The third-order valence-electron chi connectivity index (χ3n) is 4.27. The molecule has 2 rings (SSSR count). The molecule has 1 saturated heterocycles. The molecule has 0 spiro atoms. The second kappa shape index (κ2) is 6.66. The van der Waals surface area contributed by atoms with E-state index in [9.17, 15) is 0 Å². The van der Waals surface area contributed by atoms with E-state index in [1.165, 1.54) is 37.1 Å². The summed E-state index contributed by atoms with van der Waals surface area (Å²) in [5.41, 5.74) is 9.27. The van der Waals surface area contributed by atoms with Crippen LogP contribution in [0.5, 0.6) is 0 Å². The Morgan fingerprint density at radius 3 is 2.85 bits per heavy atom. The lowest BCUT2D eigenvalue weighted by atomic mass is 10.0. The van der Waals surface area contributed by atoms with Gasteiger partial charge in [-0.15, -0.1) is 0 Å². The van der Waals surface area contributed by atoms with Crippen molar-refractivity contribution in [2.75, 3.05) is 27.2 Å². The fraction of sp³-hybridized carbons (Fsp3) is 0.562. The van der Waals surface area contributed by atoms with Crippen molar-refractivity contribution in [2.24, 2.45) is 5.73 Å². The zero-order valence-corrected chi connectivity index (χ0v) is 13.5. The lowest BCUT2D eigenvalue weighted by Gasteiger charge is -2.36. The fourth-order valence-electron chi connectivity index (χ4n) is 2.92. The summed E-state index contributed by atoms with van der Waals surface area (Å²) in [6.07, 6.45) is 2.59. The highest BCUT2D eigenvalue weighted by Crippen LogP contribution is 2.18. The van der Waals surface area contributed by atoms with Crippen molar-refractivity contribution in [3.05, 3.63) is 34.9 Å². The Labute approximate surface area is 127 Å². The van der Waals surface area contributed by atoms with Gasteiger partial charge in [-0.25, -0.2) is 0 Å². The molecular weight excluding hydrogens is 266 g/mol. The number of piperidine rings is 1. The molecule has 110 valence electrons. The lowest BCUT2D eigenvalue weighted by molar-refractivity contribution is 0.129. The number of rotatable bonds is 4. The molecule has 1 unspecified atom stereocenters. The van der Waals surface area contributed by atoms with E-state index in [0.717, 1.165) is 12.1 Å². The SMILES string of the molecule is Cc1cc(C(N)=S)ccc1CN(C)C1CCCN(C)C1. The number of benzene rings is 1. The van der Waals surface area contributed by atoms with Crippen LogP contribution in [-0.4, -0.2) is 48.0 Å². The van der Waals surface area contributed by atoms with Crippen molar-refractivity contribution in [3.8, 4) is 0 Å². The van der Waals surface area contributed by atoms with Crippen molar-refractivity contribution in [1.29, 1.82) is 0 Å². The van der Waals surface area contributed by atoms with Crippen LogP contribution < -0.4 is 5.73 Å². The molecule has 1 aliphatic heterocycles. The predicted molar refractivity (Wildman–Crippen MR) is 89.1 cm³/mol. The van der Waals surface area contributed by atoms with Crippen molar-refractivity contribution < 1.29 is 0 Å². The zero-order valence-electron chi connectivity index (χ0n) is 12.7. The van der Waals surface area contributed by atoms with E-state index in [2.05, 4.69) is 43.0 Å². The first-order valence-corrected chi connectivity index (χ1v) is 7.66. The Kier molecular flexibility index (Phi) is 5.13. The minimum Gasteiger partial charge on any atom is -0.389 e. The molecule has 1 fully saturated rings. The monoisotopic (exact) mass is 291 g/mol. The molecule has 0 amide bonds. The van der Waals surface area contributed by atoms with Gasteiger partial charge >= 0.3 is 0 Å². The van der Waals surface area contributed by atoms with E-state index in [4.69, 9.17) is 18.0 Å². The predicted octanol–water partition coefficient (Wildman–Crippen LogP) is 2.16. The van der Waals surface area contributed by atoms with Crippen molar-refractivity contribution in [1.82, 2.24) is 9.80 Å². The first-order valence-electron chi connectivity index (χ1n) is 7.25. The van der Waals surface area contributed by atoms with Gasteiger partial charge in [0, 0.05) is 24.7 Å². The van der Waals surface area contributed by atoms with Gasteiger partial charge in [0.25, 0.3) is 0 Å². The molecule has 0 saturated carbocycles. The second-order valence-corrected chi connectivity index (χ2v) is 6.42. The number of nitrogens with two attached hydrogens (primary N) is 1. The summed E-state index contributed by atoms with van der Waals surface area (Å²) in [4.78, 5) is 5.37. The second-order valence-electron chi connectivity index (χ2n) is 5.98. The quantitative estimate of drug-likeness (QED) is 0.862. The minimum absolute atomic E-state index is 0.474. The van der Waals surface area contributed by atoms with Gasteiger partial charge in [0.1, 0.15) is 4.99 Å². The average Bonchev–Trinajstić information content (AvgIpc) is 2.40. The lowest BCUT2D eigenvalue weighted by Crippen LogP contribution is -2.44. The molecule has 0 aliphatic carbocycles. The fourth-order valence-corrected chi connectivity index (χ4v) is 3.05. The van der Waals surface area contributed by atoms with Gasteiger partial charge < -0.3 is 10.6 Å². The number of hydrogen-bond donors (Lipinski definition) is 1. The molecule has 20 heavy (non-hydrogen) atoms. The Balaban J connectivity index is 2.03. The average molecular weight is 291 g/mol. The summed E-state index contributed by atoms with van der Waals surface area (Å²) in [6, 6.07) is 6.94. The Morgan fingerprint density at radius 2 is 2.25 bits per heavy atom. The molecule has 1 aliphatic rings. The van der Waals surface area contributed by atoms with Crippen LogP contribution in [0.15, 0.2) is 18.2 Å². The molecule has 1 heterocycles. The summed E-state index contributed by atoms with van der Waals surface area (Å²) in [6.45, 7) is 5.52. The highest BCUT2D eigenvalue weighted by molar-refractivity contribution is 7.80. The first-order chi connectivity index (χ1) is 9.47. The number of nitrogens with zero attached hydrogens (tertiary/aromatic N) is 2. The first kappa shape index (κ1) is 15.4. The largest absolute Gasteiger partial charge is 0.389 e. The van der Waals surface area contributed by atoms with E-state index >= 15 is 0 Å². The maximum Gasteiger partial charge on any atom is 0.103 e. The Bertz CT molecular complexity index is 487. The summed E-state index contributed by atoms with van der Waals surface area (Å²) in [5.74, 6) is 0. The number of likely N-dealkylation sites (N-methyl/N-ethyl adjacent to an activating group) is 2. The van der Waals surface area contributed by atoms with Gasteiger partial charge in [-0.05, 0) is 57.6 Å². The van der Waals surface area contributed by atoms with Gasteiger partial charge in [0.15, 0.2) is 0 Å². The molecule has 3 nitrogen and oxygen atoms in total. The molecule has 0 aromatic heterocycles. The molecular formula is C16H25N3S. The van der Waals surface area contributed by atoms with Crippen LogP contribution in [0.3, 0.4) is 0 Å².